The Balaban J connectivity index is 2.42. The summed E-state index contributed by atoms with van der Waals surface area (Å²) in [4.78, 5) is 25.4. The van der Waals surface area contributed by atoms with Gasteiger partial charge in [-0.2, -0.15) is 0 Å². The summed E-state index contributed by atoms with van der Waals surface area (Å²) in [6.07, 6.45) is 1.94. The molecule has 104 valence electrons. The Morgan fingerprint density at radius 3 is 2.83 bits per heavy atom. The zero-order valence-corrected chi connectivity index (χ0v) is 11.6. The molecule has 2 unspecified atom stereocenters. The number of rotatable bonds is 5. The van der Waals surface area contributed by atoms with Gasteiger partial charge in [0.2, 0.25) is 5.91 Å². The van der Waals surface area contributed by atoms with Crippen LogP contribution in [0, 0.1) is 11.8 Å². The van der Waals surface area contributed by atoms with Gasteiger partial charge in [-0.1, -0.05) is 6.92 Å². The van der Waals surface area contributed by atoms with E-state index in [1.807, 2.05) is 13.8 Å². The quantitative estimate of drug-likeness (QED) is 0.734. The Morgan fingerprint density at radius 1 is 1.50 bits per heavy atom. The first kappa shape index (κ1) is 15.0. The second-order valence-corrected chi connectivity index (χ2v) is 4.87. The van der Waals surface area contributed by atoms with Gasteiger partial charge in [0, 0.05) is 20.1 Å². The number of carbonyl (C=O) groups is 2. The number of nitrogens with one attached hydrogen (secondary N) is 1. The number of nitrogens with zero attached hydrogens (tertiary/aromatic N) is 1. The van der Waals surface area contributed by atoms with E-state index >= 15 is 0 Å². The van der Waals surface area contributed by atoms with E-state index < -0.39 is 0 Å². The molecule has 1 N–H and O–H groups in total. The van der Waals surface area contributed by atoms with Gasteiger partial charge in [-0.25, -0.2) is 0 Å². The van der Waals surface area contributed by atoms with Crippen LogP contribution >= 0.6 is 0 Å². The molecule has 1 fully saturated rings. The number of amides is 1. The fourth-order valence-corrected chi connectivity index (χ4v) is 2.39. The van der Waals surface area contributed by atoms with Crippen LogP contribution in [0.25, 0.3) is 0 Å². The molecule has 1 aliphatic heterocycles. The SMILES string of the molecule is CCOC(=O)C(C)CN1CCCC(C(=O)NC)C1. The van der Waals surface area contributed by atoms with Gasteiger partial charge in [0.1, 0.15) is 0 Å². The first-order chi connectivity index (χ1) is 8.58. The van der Waals surface area contributed by atoms with Crippen LogP contribution in [0.3, 0.4) is 0 Å². The molecule has 2 atom stereocenters. The van der Waals surface area contributed by atoms with Gasteiger partial charge in [0.05, 0.1) is 18.4 Å². The van der Waals surface area contributed by atoms with Crippen LogP contribution < -0.4 is 5.32 Å². The average molecular weight is 256 g/mol. The van der Waals surface area contributed by atoms with Gasteiger partial charge >= 0.3 is 5.97 Å². The third-order valence-electron chi connectivity index (χ3n) is 3.34. The van der Waals surface area contributed by atoms with Crippen molar-refractivity contribution >= 4 is 11.9 Å². The van der Waals surface area contributed by atoms with Crippen molar-refractivity contribution < 1.29 is 14.3 Å². The number of carbonyl (C=O) groups excluding carboxylic acids is 2. The molecule has 18 heavy (non-hydrogen) atoms. The summed E-state index contributed by atoms with van der Waals surface area (Å²) < 4.78 is 5.00. The average Bonchev–Trinajstić information content (AvgIpc) is 2.38. The monoisotopic (exact) mass is 256 g/mol. The molecule has 0 aliphatic carbocycles. The van der Waals surface area contributed by atoms with Crippen LogP contribution in [0.2, 0.25) is 0 Å². The lowest BCUT2D eigenvalue weighted by molar-refractivity contribution is -0.148. The number of likely N-dealkylation sites (tertiary alicyclic amines) is 1. The van der Waals surface area contributed by atoms with Gasteiger partial charge in [0.25, 0.3) is 0 Å². The molecule has 0 aromatic heterocycles. The molecular formula is C13H24N2O3. The zero-order chi connectivity index (χ0) is 13.5. The van der Waals surface area contributed by atoms with Gasteiger partial charge in [-0.3, -0.25) is 9.59 Å². The highest BCUT2D eigenvalue weighted by Crippen LogP contribution is 2.18. The molecule has 0 aromatic rings. The molecule has 0 radical (unpaired) electrons. The van der Waals surface area contributed by atoms with E-state index in [-0.39, 0.29) is 23.7 Å². The topological polar surface area (TPSA) is 58.6 Å². The Bertz CT molecular complexity index is 294. The van der Waals surface area contributed by atoms with E-state index in [0.717, 1.165) is 25.9 Å². The fraction of sp³-hybridized carbons (Fsp3) is 0.846. The minimum atomic E-state index is -0.153. The van der Waals surface area contributed by atoms with E-state index in [4.69, 9.17) is 4.74 Å². The van der Waals surface area contributed by atoms with Crippen LogP contribution in [-0.2, 0) is 14.3 Å². The molecule has 0 bridgehead atoms. The van der Waals surface area contributed by atoms with E-state index in [9.17, 15) is 9.59 Å². The van der Waals surface area contributed by atoms with Crippen molar-refractivity contribution in [1.82, 2.24) is 10.2 Å². The lowest BCUT2D eigenvalue weighted by atomic mass is 9.96. The van der Waals surface area contributed by atoms with Gasteiger partial charge < -0.3 is 15.0 Å². The van der Waals surface area contributed by atoms with E-state index in [1.165, 1.54) is 0 Å². The number of esters is 1. The summed E-state index contributed by atoms with van der Waals surface area (Å²) >= 11 is 0. The summed E-state index contributed by atoms with van der Waals surface area (Å²) in [7, 11) is 1.67. The van der Waals surface area contributed by atoms with Crippen molar-refractivity contribution in [3.8, 4) is 0 Å². The first-order valence-electron chi connectivity index (χ1n) is 6.69. The number of hydrogen-bond donors (Lipinski definition) is 1. The summed E-state index contributed by atoms with van der Waals surface area (Å²) in [6.45, 7) is 6.48. The van der Waals surface area contributed by atoms with Crippen molar-refractivity contribution in [2.45, 2.75) is 26.7 Å². The summed E-state index contributed by atoms with van der Waals surface area (Å²) in [5, 5.41) is 2.69. The molecule has 0 spiro atoms. The van der Waals surface area contributed by atoms with Crippen molar-refractivity contribution in [3.63, 3.8) is 0 Å². The maximum absolute atomic E-state index is 11.6. The number of piperidine rings is 1. The van der Waals surface area contributed by atoms with Crippen LogP contribution in [0.1, 0.15) is 26.7 Å². The largest absolute Gasteiger partial charge is 0.466 e. The highest BCUT2D eigenvalue weighted by Gasteiger charge is 2.27. The smallest absolute Gasteiger partial charge is 0.309 e. The predicted molar refractivity (Wildman–Crippen MR) is 69.0 cm³/mol. The highest BCUT2D eigenvalue weighted by atomic mass is 16.5. The molecule has 1 amide bonds. The Kier molecular flexibility index (Phi) is 6.12. The molecule has 5 heteroatoms. The summed E-state index contributed by atoms with van der Waals surface area (Å²) in [5.74, 6) is -0.130. The van der Waals surface area contributed by atoms with Crippen molar-refractivity contribution in [2.24, 2.45) is 11.8 Å². The highest BCUT2D eigenvalue weighted by molar-refractivity contribution is 5.78. The summed E-state index contributed by atoms with van der Waals surface area (Å²) in [6, 6.07) is 0. The second-order valence-electron chi connectivity index (χ2n) is 4.87. The van der Waals surface area contributed by atoms with Crippen molar-refractivity contribution in [3.05, 3.63) is 0 Å². The standard InChI is InChI=1S/C13H24N2O3/c1-4-18-13(17)10(2)8-15-7-5-6-11(9-15)12(16)14-3/h10-11H,4-9H2,1-3H3,(H,14,16). The molecule has 5 nitrogen and oxygen atoms in total. The lowest BCUT2D eigenvalue weighted by Crippen LogP contribution is -2.44. The van der Waals surface area contributed by atoms with Gasteiger partial charge in [0.15, 0.2) is 0 Å². The Labute approximate surface area is 109 Å². The number of hydrogen-bond acceptors (Lipinski definition) is 4. The first-order valence-corrected chi connectivity index (χ1v) is 6.69. The fourth-order valence-electron chi connectivity index (χ4n) is 2.39. The van der Waals surface area contributed by atoms with Gasteiger partial charge in [-0.05, 0) is 26.3 Å². The second kappa shape index (κ2) is 7.36. The van der Waals surface area contributed by atoms with E-state index in [0.29, 0.717) is 13.2 Å². The van der Waals surface area contributed by atoms with Crippen LogP contribution in [0.15, 0.2) is 0 Å². The molecule has 0 aromatic carbocycles. The van der Waals surface area contributed by atoms with Crippen LogP contribution in [0.5, 0.6) is 0 Å². The molecule has 1 rings (SSSR count). The minimum Gasteiger partial charge on any atom is -0.466 e. The normalized spacial score (nSPS) is 22.3. The zero-order valence-electron chi connectivity index (χ0n) is 11.6. The Hall–Kier alpha value is -1.10. The summed E-state index contributed by atoms with van der Waals surface area (Å²) in [5.41, 5.74) is 0. The third-order valence-corrected chi connectivity index (χ3v) is 3.34. The molecule has 1 saturated heterocycles. The van der Waals surface area contributed by atoms with E-state index in [2.05, 4.69) is 10.2 Å². The van der Waals surface area contributed by atoms with Crippen molar-refractivity contribution in [1.29, 1.82) is 0 Å². The third kappa shape index (κ3) is 4.29. The molecular weight excluding hydrogens is 232 g/mol. The molecule has 1 heterocycles. The lowest BCUT2D eigenvalue weighted by Gasteiger charge is -2.32. The molecule has 0 saturated carbocycles. The van der Waals surface area contributed by atoms with Crippen LogP contribution in [-0.4, -0.2) is 50.1 Å². The van der Waals surface area contributed by atoms with E-state index in [1.54, 1.807) is 7.05 Å². The minimum absolute atomic E-state index is 0.0538. The Morgan fingerprint density at radius 2 is 2.22 bits per heavy atom. The van der Waals surface area contributed by atoms with Crippen molar-refractivity contribution in [2.75, 3.05) is 33.3 Å². The maximum atomic E-state index is 11.6. The predicted octanol–water partition coefficient (Wildman–Crippen LogP) is 0.644. The molecule has 1 aliphatic rings. The van der Waals surface area contributed by atoms with Gasteiger partial charge in [-0.15, -0.1) is 0 Å². The van der Waals surface area contributed by atoms with Crippen LogP contribution in [0.4, 0.5) is 0 Å². The maximum Gasteiger partial charge on any atom is 0.309 e. The number of ether oxygens (including phenoxy) is 1.